The summed E-state index contributed by atoms with van der Waals surface area (Å²) in [4.78, 5) is 0.880. The number of hydrogen-bond acceptors (Lipinski definition) is 2. The standard InChI is InChI=1S/C15H23FOS/c1-15(2,3)9-5-7-13(17)11-18-14-8-4-6-12(16)10-14/h4,6,8,10,13,17H,5,7,9,11H2,1-3H3. The molecule has 0 amide bonds. The fourth-order valence-corrected chi connectivity index (χ4v) is 2.62. The summed E-state index contributed by atoms with van der Waals surface area (Å²) in [6.45, 7) is 6.63. The minimum absolute atomic E-state index is 0.220. The van der Waals surface area contributed by atoms with Gasteiger partial charge in [-0.2, -0.15) is 0 Å². The van der Waals surface area contributed by atoms with Crippen molar-refractivity contribution < 1.29 is 9.50 Å². The van der Waals surface area contributed by atoms with Gasteiger partial charge in [0.2, 0.25) is 0 Å². The number of halogens is 1. The van der Waals surface area contributed by atoms with Gasteiger partial charge in [0, 0.05) is 10.6 Å². The summed E-state index contributed by atoms with van der Waals surface area (Å²) in [7, 11) is 0. The predicted octanol–water partition coefficient (Wildman–Crippen LogP) is 4.50. The molecule has 0 aliphatic rings. The molecule has 1 rings (SSSR count). The second-order valence-electron chi connectivity index (χ2n) is 5.88. The van der Waals surface area contributed by atoms with Crippen LogP contribution < -0.4 is 0 Å². The minimum Gasteiger partial charge on any atom is -0.392 e. The first-order chi connectivity index (χ1) is 8.37. The van der Waals surface area contributed by atoms with Gasteiger partial charge in [0.1, 0.15) is 5.82 Å². The van der Waals surface area contributed by atoms with Gasteiger partial charge in [0.05, 0.1) is 6.10 Å². The summed E-state index contributed by atoms with van der Waals surface area (Å²) in [5, 5.41) is 9.86. The zero-order valence-electron chi connectivity index (χ0n) is 11.4. The molecule has 1 atom stereocenters. The van der Waals surface area contributed by atoms with Gasteiger partial charge in [-0.1, -0.05) is 33.3 Å². The first-order valence-corrected chi connectivity index (χ1v) is 7.42. The molecule has 0 saturated heterocycles. The van der Waals surface area contributed by atoms with E-state index < -0.39 is 0 Å². The molecule has 0 heterocycles. The van der Waals surface area contributed by atoms with Crippen molar-refractivity contribution in [3.63, 3.8) is 0 Å². The average molecular weight is 270 g/mol. The predicted molar refractivity (Wildman–Crippen MR) is 76.4 cm³/mol. The Morgan fingerprint density at radius 2 is 2.06 bits per heavy atom. The molecular formula is C15H23FOS. The number of aliphatic hydroxyl groups is 1. The van der Waals surface area contributed by atoms with Crippen LogP contribution in [0, 0.1) is 11.2 Å². The van der Waals surface area contributed by atoms with Crippen molar-refractivity contribution >= 4 is 11.8 Å². The highest BCUT2D eigenvalue weighted by molar-refractivity contribution is 7.99. The van der Waals surface area contributed by atoms with E-state index >= 15 is 0 Å². The van der Waals surface area contributed by atoms with Crippen molar-refractivity contribution in [3.8, 4) is 0 Å². The average Bonchev–Trinajstić information content (AvgIpc) is 2.25. The molecule has 0 saturated carbocycles. The van der Waals surface area contributed by atoms with Crippen molar-refractivity contribution in [2.45, 2.75) is 51.0 Å². The van der Waals surface area contributed by atoms with Crippen LogP contribution in [0.2, 0.25) is 0 Å². The summed E-state index contributed by atoms with van der Waals surface area (Å²) in [5.41, 5.74) is 0.329. The summed E-state index contributed by atoms with van der Waals surface area (Å²) < 4.78 is 12.9. The molecule has 0 bridgehead atoms. The second kappa shape index (κ2) is 7.15. The Kier molecular flexibility index (Phi) is 6.16. The molecule has 102 valence electrons. The Balaban J connectivity index is 2.23. The molecule has 18 heavy (non-hydrogen) atoms. The fraction of sp³-hybridized carbons (Fsp3) is 0.600. The lowest BCUT2D eigenvalue weighted by Crippen LogP contribution is -2.12. The van der Waals surface area contributed by atoms with Crippen LogP contribution in [0.5, 0.6) is 0 Å². The van der Waals surface area contributed by atoms with E-state index in [1.54, 1.807) is 6.07 Å². The fourth-order valence-electron chi connectivity index (χ4n) is 1.70. The lowest BCUT2D eigenvalue weighted by molar-refractivity contribution is 0.178. The van der Waals surface area contributed by atoms with Crippen LogP contribution in [0.3, 0.4) is 0 Å². The van der Waals surface area contributed by atoms with Crippen LogP contribution >= 0.6 is 11.8 Å². The number of rotatable bonds is 6. The highest BCUT2D eigenvalue weighted by Crippen LogP contribution is 2.24. The van der Waals surface area contributed by atoms with Gasteiger partial charge in [-0.05, 0) is 36.5 Å². The summed E-state index contributed by atoms with van der Waals surface area (Å²) >= 11 is 1.51. The van der Waals surface area contributed by atoms with Crippen molar-refractivity contribution in [3.05, 3.63) is 30.1 Å². The van der Waals surface area contributed by atoms with Crippen LogP contribution in [0.15, 0.2) is 29.2 Å². The molecule has 1 nitrogen and oxygen atoms in total. The smallest absolute Gasteiger partial charge is 0.124 e. The molecule has 0 spiro atoms. The van der Waals surface area contributed by atoms with Gasteiger partial charge in [-0.15, -0.1) is 11.8 Å². The van der Waals surface area contributed by atoms with Crippen LogP contribution in [0.1, 0.15) is 40.0 Å². The Morgan fingerprint density at radius 3 is 2.67 bits per heavy atom. The van der Waals surface area contributed by atoms with E-state index in [2.05, 4.69) is 20.8 Å². The van der Waals surface area contributed by atoms with Crippen LogP contribution in [-0.4, -0.2) is 17.0 Å². The number of thioether (sulfide) groups is 1. The van der Waals surface area contributed by atoms with E-state index in [1.165, 1.54) is 23.9 Å². The summed E-state index contributed by atoms with van der Waals surface area (Å²) in [6.07, 6.45) is 2.67. The van der Waals surface area contributed by atoms with E-state index in [-0.39, 0.29) is 11.9 Å². The van der Waals surface area contributed by atoms with Gasteiger partial charge in [0.15, 0.2) is 0 Å². The Bertz CT molecular complexity index is 360. The molecule has 0 aliphatic carbocycles. The molecule has 0 radical (unpaired) electrons. The van der Waals surface area contributed by atoms with E-state index in [0.717, 1.165) is 24.2 Å². The minimum atomic E-state index is -0.305. The molecule has 1 unspecified atom stereocenters. The molecule has 3 heteroatoms. The van der Waals surface area contributed by atoms with Crippen molar-refractivity contribution in [1.29, 1.82) is 0 Å². The van der Waals surface area contributed by atoms with E-state index in [9.17, 15) is 9.50 Å². The molecule has 0 aromatic heterocycles. The van der Waals surface area contributed by atoms with E-state index in [1.807, 2.05) is 6.07 Å². The second-order valence-corrected chi connectivity index (χ2v) is 6.97. The lowest BCUT2D eigenvalue weighted by Gasteiger charge is -2.18. The van der Waals surface area contributed by atoms with E-state index in [0.29, 0.717) is 11.2 Å². The van der Waals surface area contributed by atoms with Crippen molar-refractivity contribution in [1.82, 2.24) is 0 Å². The van der Waals surface area contributed by atoms with Crippen molar-refractivity contribution in [2.24, 2.45) is 5.41 Å². The van der Waals surface area contributed by atoms with Gasteiger partial charge in [-0.25, -0.2) is 4.39 Å². The number of aliphatic hydroxyl groups excluding tert-OH is 1. The summed E-state index contributed by atoms with van der Waals surface area (Å²) in [5.74, 6) is 0.412. The Morgan fingerprint density at radius 1 is 1.33 bits per heavy atom. The molecule has 1 N–H and O–H groups in total. The topological polar surface area (TPSA) is 20.2 Å². The maximum Gasteiger partial charge on any atom is 0.124 e. The molecule has 1 aromatic carbocycles. The van der Waals surface area contributed by atoms with Gasteiger partial charge >= 0.3 is 0 Å². The quantitative estimate of drug-likeness (QED) is 0.768. The zero-order chi connectivity index (χ0) is 13.6. The van der Waals surface area contributed by atoms with Gasteiger partial charge in [-0.3, -0.25) is 0 Å². The van der Waals surface area contributed by atoms with Crippen molar-refractivity contribution in [2.75, 3.05) is 5.75 Å². The van der Waals surface area contributed by atoms with E-state index in [4.69, 9.17) is 0 Å². The van der Waals surface area contributed by atoms with Crippen LogP contribution in [-0.2, 0) is 0 Å². The largest absolute Gasteiger partial charge is 0.392 e. The van der Waals surface area contributed by atoms with Gasteiger partial charge < -0.3 is 5.11 Å². The lowest BCUT2D eigenvalue weighted by atomic mass is 9.89. The molecule has 0 aliphatic heterocycles. The molecule has 1 aromatic rings. The third-order valence-electron chi connectivity index (χ3n) is 2.70. The third kappa shape index (κ3) is 7.02. The highest BCUT2D eigenvalue weighted by Gasteiger charge is 2.12. The maximum atomic E-state index is 12.9. The van der Waals surface area contributed by atoms with Gasteiger partial charge in [0.25, 0.3) is 0 Å². The third-order valence-corrected chi connectivity index (χ3v) is 3.84. The first-order valence-electron chi connectivity index (χ1n) is 6.43. The molecule has 0 fully saturated rings. The molecular weight excluding hydrogens is 247 g/mol. The number of hydrogen-bond donors (Lipinski definition) is 1. The normalized spacial score (nSPS) is 13.6. The maximum absolute atomic E-state index is 12.9. The van der Waals surface area contributed by atoms with Crippen LogP contribution in [0.25, 0.3) is 0 Å². The monoisotopic (exact) mass is 270 g/mol. The SMILES string of the molecule is CC(C)(C)CCCC(O)CSc1cccc(F)c1. The zero-order valence-corrected chi connectivity index (χ0v) is 12.3. The Labute approximate surface area is 114 Å². The number of benzene rings is 1. The highest BCUT2D eigenvalue weighted by atomic mass is 32.2. The first kappa shape index (κ1) is 15.5. The van der Waals surface area contributed by atoms with Crippen LogP contribution in [0.4, 0.5) is 4.39 Å². The summed E-state index contributed by atoms with van der Waals surface area (Å²) in [6, 6.07) is 6.51. The Hall–Kier alpha value is -0.540.